The minimum atomic E-state index is 0.770. The first-order valence-electron chi connectivity index (χ1n) is 8.04. The van der Waals surface area contributed by atoms with Crippen molar-refractivity contribution in [1.29, 1.82) is 0 Å². The van der Waals surface area contributed by atoms with E-state index in [1.54, 1.807) is 11.1 Å². The molecule has 19 heavy (non-hydrogen) atoms. The summed E-state index contributed by atoms with van der Waals surface area (Å²) in [6, 6.07) is 9.88. The van der Waals surface area contributed by atoms with E-state index in [4.69, 9.17) is 0 Å². The number of benzene rings is 1. The first kappa shape index (κ1) is 13.2. The Morgan fingerprint density at radius 2 is 1.63 bits per heavy atom. The zero-order valence-corrected chi connectivity index (χ0v) is 12.4. The predicted molar refractivity (Wildman–Crippen MR) is 81.3 cm³/mol. The fourth-order valence-electron chi connectivity index (χ4n) is 4.02. The predicted octanol–water partition coefficient (Wildman–Crippen LogP) is 3.82. The first-order chi connectivity index (χ1) is 9.24. The maximum absolute atomic E-state index is 3.89. The van der Waals surface area contributed by atoms with E-state index in [0.29, 0.717) is 0 Å². The average Bonchev–Trinajstić information content (AvgIpc) is 2.65. The molecule has 3 rings (SSSR count). The summed E-state index contributed by atoms with van der Waals surface area (Å²) >= 11 is 0. The van der Waals surface area contributed by atoms with Gasteiger partial charge in [0.2, 0.25) is 0 Å². The van der Waals surface area contributed by atoms with Crippen LogP contribution in [0.15, 0.2) is 24.3 Å². The molecule has 1 fully saturated rings. The maximum Gasteiger partial charge on any atom is 0.0130 e. The Balaban J connectivity index is 1.69. The van der Waals surface area contributed by atoms with Crippen LogP contribution in [0, 0.1) is 17.8 Å². The molecule has 0 aliphatic heterocycles. The Hall–Kier alpha value is -0.820. The molecule has 2 atom stereocenters. The number of fused-ring (bicyclic) bond motifs is 3. The van der Waals surface area contributed by atoms with Crippen LogP contribution in [-0.4, -0.2) is 12.6 Å². The van der Waals surface area contributed by atoms with E-state index in [1.807, 2.05) is 0 Å². The van der Waals surface area contributed by atoms with Crippen LogP contribution in [0.5, 0.6) is 0 Å². The molecule has 1 aromatic carbocycles. The Bertz CT molecular complexity index is 390. The van der Waals surface area contributed by atoms with Gasteiger partial charge < -0.3 is 5.32 Å². The number of nitrogens with one attached hydrogen (secondary N) is 1. The molecule has 104 valence electrons. The van der Waals surface area contributed by atoms with Gasteiger partial charge in [0.15, 0.2) is 0 Å². The van der Waals surface area contributed by atoms with E-state index in [-0.39, 0.29) is 0 Å². The molecule has 0 saturated heterocycles. The summed E-state index contributed by atoms with van der Waals surface area (Å²) < 4.78 is 0. The number of hydrogen-bond donors (Lipinski definition) is 1. The van der Waals surface area contributed by atoms with E-state index in [9.17, 15) is 0 Å². The van der Waals surface area contributed by atoms with Crippen LogP contribution < -0.4 is 5.32 Å². The molecule has 2 bridgehead atoms. The van der Waals surface area contributed by atoms with E-state index in [0.717, 1.165) is 23.8 Å². The van der Waals surface area contributed by atoms with Gasteiger partial charge in [-0.05, 0) is 67.5 Å². The molecule has 1 nitrogen and oxygen atoms in total. The van der Waals surface area contributed by atoms with E-state index < -0.39 is 0 Å². The van der Waals surface area contributed by atoms with Crippen molar-refractivity contribution >= 4 is 0 Å². The van der Waals surface area contributed by atoms with Crippen LogP contribution in [-0.2, 0) is 12.8 Å². The average molecular weight is 257 g/mol. The van der Waals surface area contributed by atoms with Gasteiger partial charge in [0.05, 0.1) is 0 Å². The number of hydrogen-bond acceptors (Lipinski definition) is 1. The van der Waals surface area contributed by atoms with Crippen LogP contribution in [0.1, 0.15) is 44.2 Å². The standard InChI is InChI=1S/C18H27N/c1-13(2)9-10-19-18-16-7-8-17(18)12-15-6-4-3-5-14(15)11-16/h3-6,13,16-19H,7-12H2,1-2H3. The quantitative estimate of drug-likeness (QED) is 0.864. The van der Waals surface area contributed by atoms with Crippen molar-refractivity contribution in [3.8, 4) is 0 Å². The highest BCUT2D eigenvalue weighted by Crippen LogP contribution is 2.39. The fourth-order valence-corrected chi connectivity index (χ4v) is 4.02. The highest BCUT2D eigenvalue weighted by atomic mass is 14.9. The zero-order valence-electron chi connectivity index (χ0n) is 12.4. The molecule has 2 unspecified atom stereocenters. The Labute approximate surface area is 117 Å². The largest absolute Gasteiger partial charge is 0.313 e. The second-order valence-corrected chi connectivity index (χ2v) is 6.94. The SMILES string of the molecule is CC(C)CCNC1C2CCC1Cc1ccccc1C2. The lowest BCUT2D eigenvalue weighted by Gasteiger charge is -2.24. The van der Waals surface area contributed by atoms with Gasteiger partial charge in [0.25, 0.3) is 0 Å². The monoisotopic (exact) mass is 257 g/mol. The summed E-state index contributed by atoms with van der Waals surface area (Å²) in [5, 5.41) is 3.89. The molecule has 2 aliphatic rings. The van der Waals surface area contributed by atoms with E-state index in [2.05, 4.69) is 43.4 Å². The molecule has 0 aromatic heterocycles. The Morgan fingerprint density at radius 1 is 1.05 bits per heavy atom. The second-order valence-electron chi connectivity index (χ2n) is 6.94. The zero-order chi connectivity index (χ0) is 13.2. The number of rotatable bonds is 4. The lowest BCUT2D eigenvalue weighted by molar-refractivity contribution is 0.333. The van der Waals surface area contributed by atoms with Crippen molar-refractivity contribution < 1.29 is 0 Å². The third-order valence-electron chi connectivity index (χ3n) is 5.11. The molecule has 0 spiro atoms. The maximum atomic E-state index is 3.89. The van der Waals surface area contributed by atoms with Crippen LogP contribution >= 0.6 is 0 Å². The van der Waals surface area contributed by atoms with Gasteiger partial charge in [0.1, 0.15) is 0 Å². The second kappa shape index (κ2) is 5.66. The summed E-state index contributed by atoms with van der Waals surface area (Å²) in [4.78, 5) is 0. The molecular weight excluding hydrogens is 230 g/mol. The molecule has 1 aromatic rings. The third-order valence-corrected chi connectivity index (χ3v) is 5.11. The summed E-state index contributed by atoms with van der Waals surface area (Å²) in [5.74, 6) is 2.56. The van der Waals surface area contributed by atoms with Gasteiger partial charge in [-0.1, -0.05) is 38.1 Å². The van der Waals surface area contributed by atoms with E-state index in [1.165, 1.54) is 38.6 Å². The third kappa shape index (κ3) is 2.86. The van der Waals surface area contributed by atoms with E-state index >= 15 is 0 Å². The molecule has 2 aliphatic carbocycles. The Morgan fingerprint density at radius 3 is 2.16 bits per heavy atom. The lowest BCUT2D eigenvalue weighted by Crippen LogP contribution is -2.38. The summed E-state index contributed by atoms with van der Waals surface area (Å²) in [6.07, 6.45) is 6.76. The van der Waals surface area contributed by atoms with Gasteiger partial charge in [0, 0.05) is 6.04 Å². The van der Waals surface area contributed by atoms with Crippen LogP contribution in [0.2, 0.25) is 0 Å². The molecule has 0 heterocycles. The summed E-state index contributed by atoms with van der Waals surface area (Å²) in [5.41, 5.74) is 3.23. The minimum absolute atomic E-state index is 0.770. The van der Waals surface area contributed by atoms with Crippen molar-refractivity contribution in [1.82, 2.24) is 5.32 Å². The van der Waals surface area contributed by atoms with Crippen molar-refractivity contribution in [3.63, 3.8) is 0 Å². The van der Waals surface area contributed by atoms with Crippen molar-refractivity contribution in [2.75, 3.05) is 6.54 Å². The summed E-state index contributed by atoms with van der Waals surface area (Å²) in [7, 11) is 0. The minimum Gasteiger partial charge on any atom is -0.313 e. The molecule has 1 saturated carbocycles. The highest BCUT2D eigenvalue weighted by Gasteiger charge is 2.38. The first-order valence-corrected chi connectivity index (χ1v) is 8.04. The van der Waals surface area contributed by atoms with Gasteiger partial charge in [-0.3, -0.25) is 0 Å². The van der Waals surface area contributed by atoms with Crippen molar-refractivity contribution in [2.24, 2.45) is 17.8 Å². The lowest BCUT2D eigenvalue weighted by atomic mass is 9.94. The van der Waals surface area contributed by atoms with Crippen LogP contribution in [0.3, 0.4) is 0 Å². The van der Waals surface area contributed by atoms with Crippen LogP contribution in [0.25, 0.3) is 0 Å². The molecule has 0 amide bonds. The molecular formula is C18H27N. The van der Waals surface area contributed by atoms with Gasteiger partial charge in [-0.25, -0.2) is 0 Å². The Kier molecular flexibility index (Phi) is 3.93. The molecule has 1 N–H and O–H groups in total. The topological polar surface area (TPSA) is 12.0 Å². The van der Waals surface area contributed by atoms with Crippen molar-refractivity contribution in [2.45, 2.75) is 52.0 Å². The fraction of sp³-hybridized carbons (Fsp3) is 0.667. The molecule has 0 radical (unpaired) electrons. The van der Waals surface area contributed by atoms with Gasteiger partial charge in [-0.15, -0.1) is 0 Å². The smallest absolute Gasteiger partial charge is 0.0130 e. The van der Waals surface area contributed by atoms with Gasteiger partial charge >= 0.3 is 0 Å². The summed E-state index contributed by atoms with van der Waals surface area (Å²) in [6.45, 7) is 5.84. The highest BCUT2D eigenvalue weighted by molar-refractivity contribution is 5.30. The normalized spacial score (nSPS) is 29.3. The van der Waals surface area contributed by atoms with Crippen LogP contribution in [0.4, 0.5) is 0 Å². The van der Waals surface area contributed by atoms with Crippen molar-refractivity contribution in [3.05, 3.63) is 35.4 Å². The molecule has 1 heteroatoms. The van der Waals surface area contributed by atoms with Gasteiger partial charge in [-0.2, -0.15) is 0 Å².